The molecule has 0 fully saturated rings. The zero-order valence-electron chi connectivity index (χ0n) is 68.1. The predicted molar refractivity (Wildman–Crippen MR) is 503 cm³/mol. The Morgan fingerprint density at radius 3 is 1.18 bits per heavy atom. The summed E-state index contributed by atoms with van der Waals surface area (Å²) in [7, 11) is -1.63. The lowest BCUT2D eigenvalue weighted by atomic mass is 9.61. The molecule has 0 saturated carbocycles. The summed E-state index contributed by atoms with van der Waals surface area (Å²) in [5, 5.41) is 9.33. The van der Waals surface area contributed by atoms with Gasteiger partial charge in [-0.15, -0.1) is 22.7 Å². The van der Waals surface area contributed by atoms with Gasteiger partial charge in [-0.3, -0.25) is 0 Å². The third kappa shape index (κ3) is 12.7. The van der Waals surface area contributed by atoms with Crippen molar-refractivity contribution in [2.75, 3.05) is 0 Å². The fraction of sp³-hybridized carbons (Fsp3) is 0.101. The van der Waals surface area contributed by atoms with E-state index in [1.54, 1.807) is 23.1 Å². The molecule has 0 bridgehead atoms. The molecule has 1 unspecified atom stereocenters. The SMILES string of the molecule is Cc1ccc(-c2ccc3c(c2)[P+](=O)c2cccc4c(-c5ccc(C)s5)ccc-3c24)s1.Cc1ccc(-c2nc(-c3ccc(C)cc3)nc(-c3ccc4c(c3)Sc3cccc5c(-c6nc(-c7ccc(C)cc7)nc(-c7ccc(C)cc7)n6)ccc-4c35)n2)cc1.Cc1ccc2c(c1)C1(c3cc(C)ccc3-2)c2cc(C)ccc2-c2ccc(C)c3cccc1c23. The highest BCUT2D eigenvalue weighted by Crippen LogP contribution is 2.63. The molecular weight excluding hydrogens is 1540 g/mol. The average Bonchev–Trinajstić information content (AvgIpc) is 1.45. The van der Waals surface area contributed by atoms with Crippen LogP contribution in [0.2, 0.25) is 0 Å². The Balaban J connectivity index is 0.000000120. The van der Waals surface area contributed by atoms with E-state index >= 15 is 0 Å². The van der Waals surface area contributed by atoms with Crippen LogP contribution in [0.1, 0.15) is 76.5 Å². The second-order valence-electron chi connectivity index (χ2n) is 32.5. The maximum atomic E-state index is 13.7. The van der Waals surface area contributed by atoms with Gasteiger partial charge in [0.25, 0.3) is 0 Å². The maximum Gasteiger partial charge on any atom is 0.416 e. The molecule has 11 heteroatoms. The van der Waals surface area contributed by atoms with Gasteiger partial charge in [-0.05, 0) is 223 Å². The van der Waals surface area contributed by atoms with E-state index in [-0.39, 0.29) is 5.41 Å². The minimum atomic E-state index is -1.63. The zero-order chi connectivity index (χ0) is 81.5. The highest BCUT2D eigenvalue weighted by Gasteiger charge is 2.50. The van der Waals surface area contributed by atoms with Gasteiger partial charge in [0.05, 0.1) is 5.41 Å². The van der Waals surface area contributed by atoms with Crippen LogP contribution in [0.25, 0.3) is 166 Å². The number of aryl methyl sites for hydroxylation is 10. The number of benzene rings is 15. The Morgan fingerprint density at radius 2 is 0.642 bits per heavy atom. The van der Waals surface area contributed by atoms with Crippen molar-refractivity contribution in [3.63, 3.8) is 0 Å². The van der Waals surface area contributed by atoms with Gasteiger partial charge in [0.15, 0.2) is 34.9 Å². The summed E-state index contributed by atoms with van der Waals surface area (Å²) in [6.45, 7) is 21.5. The Morgan fingerprint density at radius 1 is 0.250 bits per heavy atom. The minimum Gasteiger partial charge on any atom is -0.208 e. The first kappa shape index (κ1) is 74.5. The lowest BCUT2D eigenvalue weighted by molar-refractivity contribution is 0.598. The summed E-state index contributed by atoms with van der Waals surface area (Å²) < 4.78 is 13.7. The number of nitrogens with zero attached hydrogens (tertiary/aromatic N) is 6. The molecular formula is C109H80N6OPS3+. The van der Waals surface area contributed by atoms with E-state index < -0.39 is 7.80 Å². The van der Waals surface area contributed by atoms with Crippen molar-refractivity contribution in [3.05, 3.63) is 380 Å². The lowest BCUT2D eigenvalue weighted by Crippen LogP contribution is -2.32. The maximum absolute atomic E-state index is 13.7. The van der Waals surface area contributed by atoms with Crippen molar-refractivity contribution in [3.8, 4) is 134 Å². The number of rotatable bonds is 8. The molecule has 15 aromatic carbocycles. The van der Waals surface area contributed by atoms with E-state index in [0.29, 0.717) is 34.9 Å². The Bertz CT molecular complexity index is 7330. The van der Waals surface area contributed by atoms with Crippen molar-refractivity contribution < 1.29 is 4.57 Å². The largest absolute Gasteiger partial charge is 0.416 e. The molecule has 6 heterocycles. The van der Waals surface area contributed by atoms with Gasteiger partial charge in [-0.1, -0.05) is 298 Å². The smallest absolute Gasteiger partial charge is 0.208 e. The summed E-state index contributed by atoms with van der Waals surface area (Å²) in [4.78, 5) is 37.6. The Kier molecular flexibility index (Phi) is 18.3. The highest BCUT2D eigenvalue weighted by molar-refractivity contribution is 7.99. The third-order valence-electron chi connectivity index (χ3n) is 24.3. The molecule has 7 nitrogen and oxygen atoms in total. The van der Waals surface area contributed by atoms with E-state index in [0.717, 1.165) is 70.8 Å². The van der Waals surface area contributed by atoms with Crippen LogP contribution in [0.3, 0.4) is 0 Å². The fourth-order valence-corrected chi connectivity index (χ4v) is 22.8. The van der Waals surface area contributed by atoms with Crippen molar-refractivity contribution in [2.24, 2.45) is 0 Å². The molecule has 23 rings (SSSR count). The molecule has 2 aliphatic carbocycles. The number of hydrogen-bond donors (Lipinski definition) is 0. The zero-order valence-corrected chi connectivity index (χ0v) is 71.5. The van der Waals surface area contributed by atoms with E-state index in [1.807, 2.05) is 17.4 Å². The molecule has 0 N–H and O–H groups in total. The standard InChI is InChI=1S/C50H36N6S.C33H26.C26H18OPS2/c1-29-8-16-33(17-9-29)45-51-46(34-18-10-30(2)11-19-34)54-49(53-45)37-24-25-38-40-26-27-41(39-6-5-7-42(44(39)40)57-43(38)28-37)50-55-47(35-20-12-31(3)13-21-35)52-48(56-50)36-22-14-32(4)15-23-36;1-19-8-12-24-25-13-9-20(2)17-30(25)33(29(24)16-19)28-7-5-6-23-22(4)11-15-27(32(23)28)26-14-10-21(3)18-31(26)33;1-15-6-12-24(29-15)17-8-9-18-21-11-10-19(25-13-7-16(2)30-25)20-4-3-5-22(26(20)21)28(27)23(18)14-17/h5-28H,1-4H3;5-18H,1-4H3;3-14H,1-2H3/q;;+1. The summed E-state index contributed by atoms with van der Waals surface area (Å²) in [6.07, 6.45) is 0. The fourth-order valence-electron chi connectivity index (χ4n) is 18.2. The third-order valence-corrected chi connectivity index (χ3v) is 29.1. The second-order valence-corrected chi connectivity index (χ2v) is 37.7. The molecule has 0 saturated heterocycles. The van der Waals surface area contributed by atoms with Crippen LogP contribution in [0.15, 0.2) is 313 Å². The molecule has 2 aliphatic heterocycles. The average molecular weight is 1620 g/mol. The van der Waals surface area contributed by atoms with Gasteiger partial charge >= 0.3 is 7.80 Å². The molecule has 0 radical (unpaired) electrons. The molecule has 0 amide bonds. The second kappa shape index (κ2) is 29.5. The Hall–Kier alpha value is -13.1. The molecule has 1 atom stereocenters. The van der Waals surface area contributed by atoms with Crippen molar-refractivity contribution in [1.82, 2.24) is 29.9 Å². The van der Waals surface area contributed by atoms with Gasteiger partial charge in [0.1, 0.15) is 0 Å². The molecule has 574 valence electrons. The summed E-state index contributed by atoms with van der Waals surface area (Å²) >= 11 is 5.36. The first-order valence-corrected chi connectivity index (χ1v) is 44.5. The van der Waals surface area contributed by atoms with Crippen LogP contribution >= 0.6 is 42.2 Å². The molecule has 120 heavy (non-hydrogen) atoms. The van der Waals surface area contributed by atoms with Crippen LogP contribution in [0.5, 0.6) is 0 Å². The van der Waals surface area contributed by atoms with E-state index in [9.17, 15) is 4.57 Å². The van der Waals surface area contributed by atoms with E-state index in [1.165, 1.54) is 157 Å². The lowest BCUT2D eigenvalue weighted by Gasteiger charge is -2.40. The first-order valence-electron chi connectivity index (χ1n) is 40.8. The topological polar surface area (TPSA) is 94.4 Å². The quantitative estimate of drug-likeness (QED) is 0.139. The monoisotopic (exact) mass is 1620 g/mol. The van der Waals surface area contributed by atoms with Crippen molar-refractivity contribution >= 4 is 85.2 Å². The van der Waals surface area contributed by atoms with Crippen molar-refractivity contribution in [1.29, 1.82) is 0 Å². The normalized spacial score (nSPS) is 12.9. The molecule has 1 spiro atoms. The van der Waals surface area contributed by atoms with Crippen LogP contribution < -0.4 is 10.6 Å². The summed E-state index contributed by atoms with van der Waals surface area (Å²) in [6, 6.07) is 109. The van der Waals surface area contributed by atoms with Crippen LogP contribution in [0.4, 0.5) is 0 Å². The van der Waals surface area contributed by atoms with Gasteiger partial charge in [-0.25, -0.2) is 29.9 Å². The van der Waals surface area contributed by atoms with Crippen LogP contribution in [0, 0.1) is 69.2 Å². The van der Waals surface area contributed by atoms with Crippen LogP contribution in [-0.4, -0.2) is 29.9 Å². The number of aromatic nitrogens is 6. The highest BCUT2D eigenvalue weighted by atomic mass is 32.2. The van der Waals surface area contributed by atoms with Gasteiger partial charge in [0.2, 0.25) is 10.6 Å². The number of fused-ring (bicyclic) bond motifs is 13. The summed E-state index contributed by atoms with van der Waals surface area (Å²) in [5.74, 6) is 3.89. The number of thiophene rings is 2. The first-order chi connectivity index (χ1) is 58.4. The predicted octanol–water partition coefficient (Wildman–Crippen LogP) is 28.7. The minimum absolute atomic E-state index is 0.301. The van der Waals surface area contributed by atoms with E-state index in [2.05, 4.69) is 366 Å². The van der Waals surface area contributed by atoms with Crippen LogP contribution in [-0.2, 0) is 9.98 Å². The van der Waals surface area contributed by atoms with E-state index in [4.69, 9.17) is 29.9 Å². The van der Waals surface area contributed by atoms with Gasteiger partial charge < -0.3 is 0 Å². The molecule has 4 aromatic heterocycles. The van der Waals surface area contributed by atoms with Gasteiger partial charge in [0, 0.05) is 85.1 Å². The Labute approximate surface area is 712 Å². The van der Waals surface area contributed by atoms with Crippen molar-refractivity contribution in [2.45, 2.75) is 84.4 Å². The molecule has 19 aromatic rings. The van der Waals surface area contributed by atoms with Gasteiger partial charge in [-0.2, -0.15) is 0 Å². The molecule has 4 aliphatic rings. The number of hydrogen-bond acceptors (Lipinski definition) is 10. The summed E-state index contributed by atoms with van der Waals surface area (Å²) in [5.41, 5.74) is 33.6.